The van der Waals surface area contributed by atoms with Crippen LogP contribution in [0.1, 0.15) is 25.3 Å². The molecule has 0 unspecified atom stereocenters. The molecule has 1 atom stereocenters. The second-order valence-corrected chi connectivity index (χ2v) is 6.64. The minimum Gasteiger partial charge on any atom is -0.466 e. The van der Waals surface area contributed by atoms with E-state index in [1.54, 1.807) is 6.07 Å². The van der Waals surface area contributed by atoms with Crippen molar-refractivity contribution in [2.75, 3.05) is 25.5 Å². The number of hydrogen-bond acceptors (Lipinski definition) is 4. The SMILES string of the molecule is Cc1ccc2c(c1)NC(=O)[C@@](C)(C(=O)NC1CCN(C)CC1)O2. The first-order valence-corrected chi connectivity index (χ1v) is 7.99. The Labute approximate surface area is 136 Å². The molecule has 0 aromatic heterocycles. The summed E-state index contributed by atoms with van der Waals surface area (Å²) in [5, 5.41) is 5.75. The number of likely N-dealkylation sites (tertiary alicyclic amines) is 1. The molecule has 23 heavy (non-hydrogen) atoms. The van der Waals surface area contributed by atoms with Gasteiger partial charge in [-0.3, -0.25) is 9.59 Å². The molecule has 1 saturated heterocycles. The molecule has 1 aromatic carbocycles. The number of ether oxygens (including phenoxy) is 1. The summed E-state index contributed by atoms with van der Waals surface area (Å²) in [5.41, 5.74) is 0.0950. The number of fused-ring (bicyclic) bond motifs is 1. The molecule has 1 aromatic rings. The normalized spacial score (nSPS) is 25.3. The number of carbonyl (C=O) groups is 2. The van der Waals surface area contributed by atoms with E-state index in [9.17, 15) is 9.59 Å². The van der Waals surface area contributed by atoms with Gasteiger partial charge in [-0.25, -0.2) is 0 Å². The van der Waals surface area contributed by atoms with Crippen LogP contribution in [-0.2, 0) is 9.59 Å². The van der Waals surface area contributed by atoms with Gasteiger partial charge in [-0.05, 0) is 64.5 Å². The van der Waals surface area contributed by atoms with Crippen LogP contribution in [0.15, 0.2) is 18.2 Å². The fraction of sp³-hybridized carbons (Fsp3) is 0.529. The Morgan fingerprint density at radius 3 is 2.78 bits per heavy atom. The van der Waals surface area contributed by atoms with Crippen molar-refractivity contribution in [1.82, 2.24) is 10.2 Å². The van der Waals surface area contributed by atoms with Crippen LogP contribution in [-0.4, -0.2) is 48.5 Å². The van der Waals surface area contributed by atoms with E-state index < -0.39 is 11.5 Å². The molecule has 0 aliphatic carbocycles. The number of nitrogens with zero attached hydrogens (tertiary/aromatic N) is 1. The highest BCUT2D eigenvalue weighted by Gasteiger charge is 2.47. The highest BCUT2D eigenvalue weighted by atomic mass is 16.5. The molecule has 2 amide bonds. The molecule has 3 rings (SSSR count). The number of nitrogens with one attached hydrogen (secondary N) is 2. The van der Waals surface area contributed by atoms with E-state index in [4.69, 9.17) is 4.74 Å². The minimum atomic E-state index is -1.54. The van der Waals surface area contributed by atoms with Gasteiger partial charge >= 0.3 is 0 Å². The van der Waals surface area contributed by atoms with Crippen LogP contribution in [0.4, 0.5) is 5.69 Å². The summed E-state index contributed by atoms with van der Waals surface area (Å²) in [6.07, 6.45) is 1.77. The van der Waals surface area contributed by atoms with Crippen LogP contribution >= 0.6 is 0 Å². The number of hydrogen-bond donors (Lipinski definition) is 2. The number of carbonyl (C=O) groups excluding carboxylic acids is 2. The molecular weight excluding hydrogens is 294 g/mol. The third kappa shape index (κ3) is 3.03. The van der Waals surface area contributed by atoms with E-state index in [0.29, 0.717) is 11.4 Å². The molecule has 124 valence electrons. The zero-order valence-electron chi connectivity index (χ0n) is 13.8. The van der Waals surface area contributed by atoms with Gasteiger partial charge in [0, 0.05) is 6.04 Å². The third-order valence-corrected chi connectivity index (χ3v) is 4.62. The average Bonchev–Trinajstić information content (AvgIpc) is 2.51. The summed E-state index contributed by atoms with van der Waals surface area (Å²) in [5.74, 6) is -0.284. The second-order valence-electron chi connectivity index (χ2n) is 6.64. The first-order valence-electron chi connectivity index (χ1n) is 7.99. The summed E-state index contributed by atoms with van der Waals surface area (Å²) in [6.45, 7) is 5.34. The maximum absolute atomic E-state index is 12.6. The summed E-state index contributed by atoms with van der Waals surface area (Å²) in [7, 11) is 2.07. The van der Waals surface area contributed by atoms with E-state index in [1.165, 1.54) is 6.92 Å². The quantitative estimate of drug-likeness (QED) is 0.807. The molecule has 2 heterocycles. The largest absolute Gasteiger partial charge is 0.466 e. The van der Waals surface area contributed by atoms with E-state index in [2.05, 4.69) is 22.6 Å². The second kappa shape index (κ2) is 5.85. The van der Waals surface area contributed by atoms with Crippen molar-refractivity contribution in [2.45, 2.75) is 38.3 Å². The summed E-state index contributed by atoms with van der Waals surface area (Å²) >= 11 is 0. The van der Waals surface area contributed by atoms with Crippen LogP contribution in [0.2, 0.25) is 0 Å². The van der Waals surface area contributed by atoms with Gasteiger partial charge in [-0.2, -0.15) is 0 Å². The summed E-state index contributed by atoms with van der Waals surface area (Å²) in [4.78, 5) is 27.3. The smallest absolute Gasteiger partial charge is 0.278 e. The topological polar surface area (TPSA) is 70.7 Å². The standard InChI is InChI=1S/C17H23N3O3/c1-11-4-5-14-13(10-11)19-16(22)17(2,23-14)15(21)18-12-6-8-20(3)9-7-12/h4-5,10,12H,6-9H2,1-3H3,(H,18,21)(H,19,22)/t17-/m1/s1. The molecule has 0 radical (unpaired) electrons. The van der Waals surface area contributed by atoms with Gasteiger partial charge in [0.1, 0.15) is 5.75 Å². The maximum atomic E-state index is 12.6. The number of rotatable bonds is 2. The van der Waals surface area contributed by atoms with Gasteiger partial charge in [-0.15, -0.1) is 0 Å². The minimum absolute atomic E-state index is 0.0892. The molecule has 2 aliphatic rings. The highest BCUT2D eigenvalue weighted by molar-refractivity contribution is 6.15. The van der Waals surface area contributed by atoms with Crippen molar-refractivity contribution >= 4 is 17.5 Å². The van der Waals surface area contributed by atoms with Crippen molar-refractivity contribution in [3.8, 4) is 5.75 Å². The molecule has 0 spiro atoms. The third-order valence-electron chi connectivity index (χ3n) is 4.62. The predicted molar refractivity (Wildman–Crippen MR) is 87.5 cm³/mol. The molecule has 0 saturated carbocycles. The molecule has 0 bridgehead atoms. The van der Waals surface area contributed by atoms with Crippen LogP contribution in [0, 0.1) is 6.92 Å². The van der Waals surface area contributed by atoms with E-state index in [-0.39, 0.29) is 11.9 Å². The lowest BCUT2D eigenvalue weighted by molar-refractivity contribution is -0.147. The lowest BCUT2D eigenvalue weighted by atomic mass is 9.99. The van der Waals surface area contributed by atoms with Gasteiger partial charge in [0.15, 0.2) is 0 Å². The van der Waals surface area contributed by atoms with Gasteiger partial charge in [0.05, 0.1) is 5.69 Å². The van der Waals surface area contributed by atoms with Crippen molar-refractivity contribution in [1.29, 1.82) is 0 Å². The van der Waals surface area contributed by atoms with Gasteiger partial charge in [0.2, 0.25) is 0 Å². The van der Waals surface area contributed by atoms with Crippen LogP contribution < -0.4 is 15.4 Å². The number of anilines is 1. The zero-order chi connectivity index (χ0) is 16.6. The Hall–Kier alpha value is -2.08. The Morgan fingerprint density at radius 2 is 2.09 bits per heavy atom. The summed E-state index contributed by atoms with van der Waals surface area (Å²) < 4.78 is 5.78. The van der Waals surface area contributed by atoms with Crippen LogP contribution in [0.5, 0.6) is 5.75 Å². The first-order chi connectivity index (χ1) is 10.9. The fourth-order valence-corrected chi connectivity index (χ4v) is 2.96. The molecule has 6 nitrogen and oxygen atoms in total. The van der Waals surface area contributed by atoms with Crippen molar-refractivity contribution < 1.29 is 14.3 Å². The molecule has 2 N–H and O–H groups in total. The number of benzene rings is 1. The Morgan fingerprint density at radius 1 is 1.39 bits per heavy atom. The van der Waals surface area contributed by atoms with Crippen molar-refractivity contribution in [3.05, 3.63) is 23.8 Å². The highest BCUT2D eigenvalue weighted by Crippen LogP contribution is 2.34. The van der Waals surface area contributed by atoms with Crippen LogP contribution in [0.25, 0.3) is 0 Å². The van der Waals surface area contributed by atoms with E-state index in [0.717, 1.165) is 31.5 Å². The van der Waals surface area contributed by atoms with Crippen molar-refractivity contribution in [2.24, 2.45) is 0 Å². The van der Waals surface area contributed by atoms with Gasteiger partial charge < -0.3 is 20.3 Å². The lowest BCUT2D eigenvalue weighted by Crippen LogP contribution is -2.61. The van der Waals surface area contributed by atoms with Crippen molar-refractivity contribution in [3.63, 3.8) is 0 Å². The molecule has 6 heteroatoms. The Balaban J connectivity index is 1.74. The Bertz CT molecular complexity index is 638. The lowest BCUT2D eigenvalue weighted by Gasteiger charge is -2.36. The predicted octanol–water partition coefficient (Wildman–Crippen LogP) is 1.30. The molecular formula is C17H23N3O3. The van der Waals surface area contributed by atoms with E-state index >= 15 is 0 Å². The monoisotopic (exact) mass is 317 g/mol. The molecule has 1 fully saturated rings. The van der Waals surface area contributed by atoms with Gasteiger partial charge in [-0.1, -0.05) is 6.07 Å². The first kappa shape index (κ1) is 15.8. The number of piperidine rings is 1. The fourth-order valence-electron chi connectivity index (χ4n) is 2.96. The maximum Gasteiger partial charge on any atom is 0.278 e. The van der Waals surface area contributed by atoms with E-state index in [1.807, 2.05) is 19.1 Å². The Kier molecular flexibility index (Phi) is 4.02. The number of aryl methyl sites for hydroxylation is 1. The van der Waals surface area contributed by atoms with Crippen LogP contribution in [0.3, 0.4) is 0 Å². The van der Waals surface area contributed by atoms with Gasteiger partial charge in [0.25, 0.3) is 17.4 Å². The zero-order valence-corrected chi connectivity index (χ0v) is 13.8. The molecule has 2 aliphatic heterocycles. The summed E-state index contributed by atoms with van der Waals surface area (Å²) in [6, 6.07) is 5.60. The average molecular weight is 317 g/mol. The number of amides is 2.